The molecule has 0 amide bonds. The van der Waals surface area contributed by atoms with Crippen LogP contribution >= 0.6 is 0 Å². The predicted octanol–water partition coefficient (Wildman–Crippen LogP) is 2.04. The Morgan fingerprint density at radius 2 is 2.29 bits per heavy atom. The second kappa shape index (κ2) is 3.58. The molecule has 14 heavy (non-hydrogen) atoms. The van der Waals surface area contributed by atoms with Crippen molar-refractivity contribution in [1.29, 1.82) is 0 Å². The molecule has 0 heterocycles. The highest BCUT2D eigenvalue weighted by atomic mass is 19.1. The second-order valence-corrected chi connectivity index (χ2v) is 3.63. The molecule has 0 unspecified atom stereocenters. The van der Waals surface area contributed by atoms with Gasteiger partial charge in [-0.15, -0.1) is 0 Å². The SMILES string of the molecule is CCOc1ccc([C@H]2C[C@H]2N)cc1F. The monoisotopic (exact) mass is 195 g/mol. The zero-order chi connectivity index (χ0) is 10.1. The molecule has 3 heteroatoms. The standard InChI is InChI=1S/C11H14FNO/c1-2-14-11-4-3-7(5-9(11)12)8-6-10(8)13/h3-5,8,10H,2,6,13H2,1H3/t8-,10-/m1/s1. The van der Waals surface area contributed by atoms with Gasteiger partial charge in [-0.05, 0) is 31.0 Å². The zero-order valence-electron chi connectivity index (χ0n) is 8.16. The van der Waals surface area contributed by atoms with Crippen LogP contribution < -0.4 is 10.5 Å². The summed E-state index contributed by atoms with van der Waals surface area (Å²) < 4.78 is 18.5. The van der Waals surface area contributed by atoms with Gasteiger partial charge in [0.05, 0.1) is 6.61 Å². The van der Waals surface area contributed by atoms with Gasteiger partial charge in [-0.1, -0.05) is 6.07 Å². The van der Waals surface area contributed by atoms with Crippen molar-refractivity contribution in [2.45, 2.75) is 25.3 Å². The lowest BCUT2D eigenvalue weighted by molar-refractivity contribution is 0.321. The van der Waals surface area contributed by atoms with Crippen molar-refractivity contribution in [3.05, 3.63) is 29.6 Å². The lowest BCUT2D eigenvalue weighted by atomic mass is 10.1. The van der Waals surface area contributed by atoms with E-state index in [-0.39, 0.29) is 11.9 Å². The minimum atomic E-state index is -0.288. The predicted molar refractivity (Wildman–Crippen MR) is 52.9 cm³/mol. The molecular weight excluding hydrogens is 181 g/mol. The first-order valence-corrected chi connectivity index (χ1v) is 4.90. The van der Waals surface area contributed by atoms with E-state index in [0.717, 1.165) is 12.0 Å². The van der Waals surface area contributed by atoms with Gasteiger partial charge in [0, 0.05) is 12.0 Å². The van der Waals surface area contributed by atoms with Crippen LogP contribution in [0.3, 0.4) is 0 Å². The Labute approximate surface area is 82.9 Å². The fraction of sp³-hybridized carbons (Fsp3) is 0.455. The van der Waals surface area contributed by atoms with E-state index in [1.54, 1.807) is 6.07 Å². The molecule has 2 atom stereocenters. The Hall–Kier alpha value is -1.09. The summed E-state index contributed by atoms with van der Waals surface area (Å²) in [5.74, 6) is 0.383. The van der Waals surface area contributed by atoms with E-state index in [2.05, 4.69) is 0 Å². The minimum Gasteiger partial charge on any atom is -0.491 e. The molecule has 1 aliphatic carbocycles. The van der Waals surface area contributed by atoms with E-state index in [1.807, 2.05) is 13.0 Å². The summed E-state index contributed by atoms with van der Waals surface area (Å²) >= 11 is 0. The molecule has 0 aromatic heterocycles. The summed E-state index contributed by atoms with van der Waals surface area (Å²) in [7, 11) is 0. The van der Waals surface area contributed by atoms with Gasteiger partial charge < -0.3 is 10.5 Å². The fourth-order valence-corrected chi connectivity index (χ4v) is 1.62. The molecule has 0 radical (unpaired) electrons. The van der Waals surface area contributed by atoms with Gasteiger partial charge in [-0.25, -0.2) is 4.39 Å². The lowest BCUT2D eigenvalue weighted by Crippen LogP contribution is -2.01. The van der Waals surface area contributed by atoms with Crippen LogP contribution in [0.1, 0.15) is 24.8 Å². The number of rotatable bonds is 3. The molecule has 1 aromatic rings. The first-order valence-electron chi connectivity index (χ1n) is 4.90. The number of nitrogens with two attached hydrogens (primary N) is 1. The molecule has 1 aromatic carbocycles. The van der Waals surface area contributed by atoms with Gasteiger partial charge in [0.15, 0.2) is 11.6 Å². The summed E-state index contributed by atoms with van der Waals surface area (Å²) in [6, 6.07) is 5.32. The van der Waals surface area contributed by atoms with Crippen molar-refractivity contribution < 1.29 is 9.13 Å². The quantitative estimate of drug-likeness (QED) is 0.801. The number of ether oxygens (including phenoxy) is 1. The minimum absolute atomic E-state index is 0.215. The van der Waals surface area contributed by atoms with Crippen molar-refractivity contribution in [3.8, 4) is 5.75 Å². The van der Waals surface area contributed by atoms with Crippen LogP contribution in [0.5, 0.6) is 5.75 Å². The van der Waals surface area contributed by atoms with Gasteiger partial charge in [0.1, 0.15) is 0 Å². The van der Waals surface area contributed by atoms with Gasteiger partial charge in [0.2, 0.25) is 0 Å². The van der Waals surface area contributed by atoms with Crippen LogP contribution in [-0.4, -0.2) is 12.6 Å². The van der Waals surface area contributed by atoms with Crippen LogP contribution in [0.2, 0.25) is 0 Å². The Morgan fingerprint density at radius 1 is 1.57 bits per heavy atom. The smallest absolute Gasteiger partial charge is 0.165 e. The highest BCUT2D eigenvalue weighted by Gasteiger charge is 2.35. The van der Waals surface area contributed by atoms with Gasteiger partial charge >= 0.3 is 0 Å². The van der Waals surface area contributed by atoms with E-state index in [9.17, 15) is 4.39 Å². The molecule has 0 spiro atoms. The van der Waals surface area contributed by atoms with E-state index >= 15 is 0 Å². The molecule has 76 valence electrons. The summed E-state index contributed by atoms with van der Waals surface area (Å²) in [6.07, 6.45) is 0.966. The maximum absolute atomic E-state index is 13.4. The van der Waals surface area contributed by atoms with Crippen LogP contribution in [0.15, 0.2) is 18.2 Å². The Kier molecular flexibility index (Phi) is 2.42. The molecule has 1 saturated carbocycles. The average molecular weight is 195 g/mol. The fourth-order valence-electron chi connectivity index (χ4n) is 1.62. The number of hydrogen-bond donors (Lipinski definition) is 1. The van der Waals surface area contributed by atoms with Crippen molar-refractivity contribution in [2.75, 3.05) is 6.61 Å². The first-order chi connectivity index (χ1) is 6.72. The van der Waals surface area contributed by atoms with Crippen LogP contribution in [0.4, 0.5) is 4.39 Å². The third-order valence-electron chi connectivity index (χ3n) is 2.52. The summed E-state index contributed by atoms with van der Waals surface area (Å²) in [6.45, 7) is 2.32. The maximum Gasteiger partial charge on any atom is 0.165 e. The summed E-state index contributed by atoms with van der Waals surface area (Å²) in [5.41, 5.74) is 6.68. The molecule has 1 fully saturated rings. The van der Waals surface area contributed by atoms with Crippen molar-refractivity contribution in [2.24, 2.45) is 5.73 Å². The second-order valence-electron chi connectivity index (χ2n) is 3.63. The zero-order valence-corrected chi connectivity index (χ0v) is 8.16. The molecule has 2 N–H and O–H groups in total. The molecule has 0 saturated heterocycles. The average Bonchev–Trinajstić information content (AvgIpc) is 2.87. The summed E-state index contributed by atoms with van der Waals surface area (Å²) in [4.78, 5) is 0. The van der Waals surface area contributed by atoms with E-state index < -0.39 is 0 Å². The van der Waals surface area contributed by atoms with E-state index in [4.69, 9.17) is 10.5 Å². The highest BCUT2D eigenvalue weighted by molar-refractivity contribution is 5.34. The summed E-state index contributed by atoms with van der Waals surface area (Å²) in [5, 5.41) is 0. The van der Waals surface area contributed by atoms with Crippen molar-refractivity contribution in [3.63, 3.8) is 0 Å². The van der Waals surface area contributed by atoms with Gasteiger partial charge in [-0.3, -0.25) is 0 Å². The van der Waals surface area contributed by atoms with Crippen molar-refractivity contribution >= 4 is 0 Å². The van der Waals surface area contributed by atoms with Gasteiger partial charge in [0.25, 0.3) is 0 Å². The Bertz CT molecular complexity index is 340. The molecule has 0 bridgehead atoms. The molecular formula is C11H14FNO. The third kappa shape index (κ3) is 1.73. The maximum atomic E-state index is 13.4. The van der Waals surface area contributed by atoms with Crippen LogP contribution in [0.25, 0.3) is 0 Å². The normalized spacial score (nSPS) is 24.8. The number of halogens is 1. The topological polar surface area (TPSA) is 35.2 Å². The van der Waals surface area contributed by atoms with E-state index in [1.165, 1.54) is 6.07 Å². The molecule has 0 aliphatic heterocycles. The Morgan fingerprint density at radius 3 is 2.79 bits per heavy atom. The van der Waals surface area contributed by atoms with Gasteiger partial charge in [-0.2, -0.15) is 0 Å². The molecule has 2 rings (SSSR count). The number of benzene rings is 1. The first kappa shape index (κ1) is 9.46. The van der Waals surface area contributed by atoms with Crippen LogP contribution in [-0.2, 0) is 0 Å². The number of hydrogen-bond acceptors (Lipinski definition) is 2. The molecule has 1 aliphatic rings. The van der Waals surface area contributed by atoms with E-state index in [0.29, 0.717) is 18.3 Å². The van der Waals surface area contributed by atoms with Crippen LogP contribution in [0, 0.1) is 5.82 Å². The Balaban J connectivity index is 2.18. The largest absolute Gasteiger partial charge is 0.491 e. The third-order valence-corrected chi connectivity index (χ3v) is 2.52. The highest BCUT2D eigenvalue weighted by Crippen LogP contribution is 2.39. The lowest BCUT2D eigenvalue weighted by Gasteiger charge is -2.06. The van der Waals surface area contributed by atoms with Crippen molar-refractivity contribution in [1.82, 2.24) is 0 Å². The molecule has 2 nitrogen and oxygen atoms in total.